The number of hydrogen-bond acceptors (Lipinski definition) is 4. The highest BCUT2D eigenvalue weighted by molar-refractivity contribution is 5.05. The van der Waals surface area contributed by atoms with Gasteiger partial charge in [-0.2, -0.15) is 5.26 Å². The Labute approximate surface area is 118 Å². The summed E-state index contributed by atoms with van der Waals surface area (Å²) in [6, 6.07) is 3.58. The summed E-state index contributed by atoms with van der Waals surface area (Å²) in [5.41, 5.74) is -0.397. The molecule has 3 unspecified atom stereocenters. The average Bonchev–Trinajstić information content (AvgIpc) is 2.86. The van der Waals surface area contributed by atoms with Crippen LogP contribution in [0, 0.1) is 11.3 Å². The van der Waals surface area contributed by atoms with Crippen molar-refractivity contribution >= 4 is 0 Å². The first-order chi connectivity index (χ1) is 8.91. The van der Waals surface area contributed by atoms with Gasteiger partial charge in [-0.1, -0.05) is 6.92 Å². The van der Waals surface area contributed by atoms with Gasteiger partial charge >= 0.3 is 0 Å². The van der Waals surface area contributed by atoms with Gasteiger partial charge < -0.3 is 4.90 Å². The van der Waals surface area contributed by atoms with E-state index in [2.05, 4.69) is 49.1 Å². The maximum Gasteiger partial charge on any atom is 0.105 e. The molecule has 19 heavy (non-hydrogen) atoms. The molecule has 0 saturated carbocycles. The van der Waals surface area contributed by atoms with Crippen molar-refractivity contribution in [3.05, 3.63) is 0 Å². The number of nitrogens with one attached hydrogen (secondary N) is 1. The second-order valence-electron chi connectivity index (χ2n) is 6.32. The summed E-state index contributed by atoms with van der Waals surface area (Å²) in [5.74, 6) is 0. The highest BCUT2D eigenvalue weighted by Crippen LogP contribution is 2.21. The van der Waals surface area contributed by atoms with Crippen LogP contribution in [0.5, 0.6) is 0 Å². The molecule has 110 valence electrons. The van der Waals surface area contributed by atoms with Crippen LogP contribution in [0.2, 0.25) is 0 Å². The van der Waals surface area contributed by atoms with Gasteiger partial charge in [-0.05, 0) is 53.8 Å². The van der Waals surface area contributed by atoms with E-state index < -0.39 is 5.54 Å². The predicted octanol–water partition coefficient (Wildman–Crippen LogP) is 1.68. The maximum atomic E-state index is 9.40. The molecule has 0 bridgehead atoms. The number of nitriles is 1. The zero-order chi connectivity index (χ0) is 14.5. The first-order valence-corrected chi connectivity index (χ1v) is 7.48. The van der Waals surface area contributed by atoms with Gasteiger partial charge in [-0.15, -0.1) is 0 Å². The summed E-state index contributed by atoms with van der Waals surface area (Å²) in [4.78, 5) is 4.83. The van der Waals surface area contributed by atoms with E-state index in [0.717, 1.165) is 32.5 Å². The van der Waals surface area contributed by atoms with Crippen LogP contribution >= 0.6 is 0 Å². The molecule has 3 atom stereocenters. The molecule has 1 aliphatic heterocycles. The van der Waals surface area contributed by atoms with Gasteiger partial charge in [0.25, 0.3) is 0 Å². The minimum atomic E-state index is -0.397. The molecule has 4 nitrogen and oxygen atoms in total. The lowest BCUT2D eigenvalue weighted by atomic mass is 9.94. The Bertz CT molecular complexity index is 310. The second-order valence-corrected chi connectivity index (χ2v) is 6.32. The Morgan fingerprint density at radius 2 is 2.21 bits per heavy atom. The maximum absolute atomic E-state index is 9.40. The molecular formula is C15H30N4. The molecule has 1 saturated heterocycles. The van der Waals surface area contributed by atoms with Gasteiger partial charge in [0.05, 0.1) is 6.07 Å². The molecule has 1 rings (SSSR count). The number of nitrogens with zero attached hydrogens (tertiary/aromatic N) is 3. The van der Waals surface area contributed by atoms with Gasteiger partial charge in [0, 0.05) is 25.2 Å². The molecule has 4 heteroatoms. The van der Waals surface area contributed by atoms with Gasteiger partial charge in [0.2, 0.25) is 0 Å². The minimum absolute atomic E-state index is 0.397. The summed E-state index contributed by atoms with van der Waals surface area (Å²) >= 11 is 0. The largest absolute Gasteiger partial charge is 0.305 e. The normalized spacial score (nSPS) is 25.2. The zero-order valence-corrected chi connectivity index (χ0v) is 13.2. The fourth-order valence-electron chi connectivity index (χ4n) is 2.87. The summed E-state index contributed by atoms with van der Waals surface area (Å²) in [7, 11) is 4.31. The van der Waals surface area contributed by atoms with Crippen LogP contribution in [0.25, 0.3) is 0 Å². The Morgan fingerprint density at radius 3 is 2.68 bits per heavy atom. The summed E-state index contributed by atoms with van der Waals surface area (Å²) in [6.07, 6.45) is 3.20. The molecule has 0 amide bonds. The molecule has 0 aliphatic carbocycles. The quantitative estimate of drug-likeness (QED) is 0.761. The number of likely N-dealkylation sites (N-methyl/N-ethyl adjacent to an activating group) is 1. The molecule has 0 spiro atoms. The van der Waals surface area contributed by atoms with Crippen LogP contribution < -0.4 is 5.32 Å². The molecule has 1 fully saturated rings. The fraction of sp³-hybridized carbons (Fsp3) is 0.933. The van der Waals surface area contributed by atoms with Gasteiger partial charge in [0.15, 0.2) is 0 Å². The third-order valence-corrected chi connectivity index (χ3v) is 4.26. The van der Waals surface area contributed by atoms with E-state index in [-0.39, 0.29) is 0 Å². The molecule has 1 aliphatic rings. The average molecular weight is 266 g/mol. The standard InChI is InChI=1S/C15H30N4/c1-6-8-17-15(3,12-16)10-13(2)19-9-7-14(11-19)18(4)5/h13-14,17H,6-11H2,1-5H3. The number of rotatable bonds is 7. The van der Waals surface area contributed by atoms with E-state index in [4.69, 9.17) is 0 Å². The smallest absolute Gasteiger partial charge is 0.105 e. The van der Waals surface area contributed by atoms with Crippen LogP contribution in [0.4, 0.5) is 0 Å². The lowest BCUT2D eigenvalue weighted by Crippen LogP contribution is -2.47. The number of likely N-dealkylation sites (tertiary alicyclic amines) is 1. The lowest BCUT2D eigenvalue weighted by Gasteiger charge is -2.32. The second kappa shape index (κ2) is 7.23. The van der Waals surface area contributed by atoms with E-state index in [9.17, 15) is 5.26 Å². The van der Waals surface area contributed by atoms with E-state index >= 15 is 0 Å². The summed E-state index contributed by atoms with van der Waals surface area (Å²) < 4.78 is 0. The van der Waals surface area contributed by atoms with Crippen molar-refractivity contribution in [2.75, 3.05) is 33.7 Å². The molecule has 1 heterocycles. The molecule has 1 N–H and O–H groups in total. The Hall–Kier alpha value is -0.630. The van der Waals surface area contributed by atoms with E-state index in [1.165, 1.54) is 6.42 Å². The van der Waals surface area contributed by atoms with Gasteiger partial charge in [-0.25, -0.2) is 0 Å². The predicted molar refractivity (Wildman–Crippen MR) is 80.1 cm³/mol. The molecule has 0 aromatic rings. The van der Waals surface area contributed by atoms with Crippen LogP contribution in [0.1, 0.15) is 40.0 Å². The van der Waals surface area contributed by atoms with Crippen LogP contribution in [0.3, 0.4) is 0 Å². The van der Waals surface area contributed by atoms with Gasteiger partial charge in [-0.3, -0.25) is 10.2 Å². The summed E-state index contributed by atoms with van der Waals surface area (Å²) in [5, 5.41) is 12.8. The van der Waals surface area contributed by atoms with E-state index in [1.807, 2.05) is 6.92 Å². The highest BCUT2D eigenvalue weighted by atomic mass is 15.2. The van der Waals surface area contributed by atoms with E-state index in [0.29, 0.717) is 12.1 Å². The molecule has 0 aromatic carbocycles. The minimum Gasteiger partial charge on any atom is -0.305 e. The fourth-order valence-corrected chi connectivity index (χ4v) is 2.87. The van der Waals surface area contributed by atoms with Crippen molar-refractivity contribution in [2.45, 2.75) is 57.7 Å². The van der Waals surface area contributed by atoms with Crippen molar-refractivity contribution in [3.8, 4) is 6.07 Å². The monoisotopic (exact) mass is 266 g/mol. The van der Waals surface area contributed by atoms with E-state index in [1.54, 1.807) is 0 Å². The zero-order valence-electron chi connectivity index (χ0n) is 13.2. The van der Waals surface area contributed by atoms with Crippen molar-refractivity contribution in [1.82, 2.24) is 15.1 Å². The SMILES string of the molecule is CCCNC(C)(C#N)CC(C)N1CCC(N(C)C)C1. The van der Waals surface area contributed by atoms with Crippen molar-refractivity contribution in [2.24, 2.45) is 0 Å². The van der Waals surface area contributed by atoms with Crippen molar-refractivity contribution < 1.29 is 0 Å². The Kier molecular flexibility index (Phi) is 6.25. The van der Waals surface area contributed by atoms with Crippen LogP contribution in [-0.2, 0) is 0 Å². The number of hydrogen-bond donors (Lipinski definition) is 1. The third kappa shape index (κ3) is 4.76. The van der Waals surface area contributed by atoms with Crippen LogP contribution in [-0.4, -0.2) is 61.2 Å². The van der Waals surface area contributed by atoms with Gasteiger partial charge in [0.1, 0.15) is 5.54 Å². The Morgan fingerprint density at radius 1 is 1.53 bits per heavy atom. The molecule has 0 aromatic heterocycles. The summed E-state index contributed by atoms with van der Waals surface area (Å²) in [6.45, 7) is 9.61. The topological polar surface area (TPSA) is 42.3 Å². The first-order valence-electron chi connectivity index (χ1n) is 7.48. The lowest BCUT2D eigenvalue weighted by molar-refractivity contribution is 0.195. The molecular weight excluding hydrogens is 236 g/mol. The highest BCUT2D eigenvalue weighted by Gasteiger charge is 2.32. The van der Waals surface area contributed by atoms with Crippen molar-refractivity contribution in [3.63, 3.8) is 0 Å². The van der Waals surface area contributed by atoms with Crippen molar-refractivity contribution in [1.29, 1.82) is 5.26 Å². The Balaban J connectivity index is 2.50. The van der Waals surface area contributed by atoms with Crippen LogP contribution in [0.15, 0.2) is 0 Å². The first kappa shape index (κ1) is 16.4. The third-order valence-electron chi connectivity index (χ3n) is 4.26. The molecule has 0 radical (unpaired) electrons.